The van der Waals surface area contributed by atoms with Gasteiger partial charge in [0.05, 0.1) is 10.8 Å². The number of carbonyl (C=O) groups excluding carboxylic acids is 2. The Labute approximate surface area is 164 Å². The second kappa shape index (κ2) is 9.15. The number of ether oxygens (including phenoxy) is 1. The van der Waals surface area contributed by atoms with Crippen LogP contribution in [-0.2, 0) is 9.53 Å². The predicted molar refractivity (Wildman–Crippen MR) is 107 cm³/mol. The van der Waals surface area contributed by atoms with Crippen molar-refractivity contribution in [2.45, 2.75) is 19.3 Å². The van der Waals surface area contributed by atoms with Crippen LogP contribution in [0, 0.1) is 12.8 Å². The van der Waals surface area contributed by atoms with Crippen LogP contribution in [0.3, 0.4) is 0 Å². The quantitative estimate of drug-likeness (QED) is 0.744. The minimum atomic E-state index is -0.237. The van der Waals surface area contributed by atoms with Crippen molar-refractivity contribution >= 4 is 23.2 Å². The van der Waals surface area contributed by atoms with Crippen LogP contribution in [0.5, 0.6) is 0 Å². The van der Waals surface area contributed by atoms with Crippen LogP contribution < -0.4 is 5.32 Å². The molecule has 1 aliphatic rings. The highest BCUT2D eigenvalue weighted by atomic mass is 32.1. The van der Waals surface area contributed by atoms with Gasteiger partial charge in [-0.3, -0.25) is 9.59 Å². The third-order valence-corrected chi connectivity index (χ3v) is 5.86. The largest absolute Gasteiger partial charge is 0.385 e. The molecule has 1 aromatic heterocycles. The number of likely N-dealkylation sites (tertiary alicyclic amines) is 1. The summed E-state index contributed by atoms with van der Waals surface area (Å²) in [7, 11) is 1.65. The first-order valence-electron chi connectivity index (χ1n) is 9.26. The van der Waals surface area contributed by atoms with Crippen molar-refractivity contribution in [3.05, 3.63) is 57.8 Å². The second-order valence-electron chi connectivity index (χ2n) is 6.95. The molecule has 144 valence electrons. The zero-order valence-corrected chi connectivity index (χ0v) is 16.6. The van der Waals surface area contributed by atoms with E-state index in [1.165, 1.54) is 16.9 Å². The fourth-order valence-electron chi connectivity index (χ4n) is 3.50. The van der Waals surface area contributed by atoms with E-state index in [4.69, 9.17) is 4.74 Å². The van der Waals surface area contributed by atoms with E-state index in [0.717, 1.165) is 16.9 Å². The Morgan fingerprint density at radius 3 is 2.67 bits per heavy atom. The highest BCUT2D eigenvalue weighted by molar-refractivity contribution is 7.12. The molecule has 1 aliphatic heterocycles. The molecule has 1 fully saturated rings. The molecule has 27 heavy (non-hydrogen) atoms. The standard InChI is InChI=1S/C21H26N2O3S/c1-15-6-8-16(9-7-15)17-13-23(21(25)19-5-3-12-27-19)14-18(17)20(24)22-10-4-11-26-2/h3,5-9,12,17-18H,4,10-11,13-14H2,1-2H3,(H,22,24)/t17-,18-/m1/s1. The van der Waals surface area contributed by atoms with Gasteiger partial charge in [0.15, 0.2) is 0 Å². The molecule has 0 bridgehead atoms. The molecule has 2 atom stereocenters. The van der Waals surface area contributed by atoms with Gasteiger partial charge in [-0.25, -0.2) is 0 Å². The highest BCUT2D eigenvalue weighted by Gasteiger charge is 2.40. The molecule has 1 saturated heterocycles. The number of aryl methyl sites for hydroxylation is 1. The maximum atomic E-state index is 12.8. The average molecular weight is 387 g/mol. The van der Waals surface area contributed by atoms with Gasteiger partial charge in [-0.05, 0) is 30.4 Å². The summed E-state index contributed by atoms with van der Waals surface area (Å²) in [5.74, 6) is -0.203. The van der Waals surface area contributed by atoms with Gasteiger partial charge < -0.3 is 15.0 Å². The van der Waals surface area contributed by atoms with Crippen molar-refractivity contribution in [3.63, 3.8) is 0 Å². The van der Waals surface area contributed by atoms with Crippen LogP contribution in [0.2, 0.25) is 0 Å². The monoisotopic (exact) mass is 386 g/mol. The van der Waals surface area contributed by atoms with E-state index in [0.29, 0.717) is 26.2 Å². The lowest BCUT2D eigenvalue weighted by molar-refractivity contribution is -0.124. The summed E-state index contributed by atoms with van der Waals surface area (Å²) in [4.78, 5) is 28.2. The summed E-state index contributed by atoms with van der Waals surface area (Å²) in [6, 6.07) is 12.0. The number of nitrogens with zero attached hydrogens (tertiary/aromatic N) is 1. The van der Waals surface area contributed by atoms with Gasteiger partial charge in [-0.2, -0.15) is 0 Å². The first-order chi connectivity index (χ1) is 13.1. The molecule has 2 aromatic rings. The molecule has 3 rings (SSSR count). The van der Waals surface area contributed by atoms with Gasteiger partial charge in [0.25, 0.3) is 5.91 Å². The minimum Gasteiger partial charge on any atom is -0.385 e. The van der Waals surface area contributed by atoms with Crippen LogP contribution in [-0.4, -0.2) is 50.1 Å². The molecule has 0 unspecified atom stereocenters. The third-order valence-electron chi connectivity index (χ3n) is 5.01. The van der Waals surface area contributed by atoms with Crippen molar-refractivity contribution < 1.29 is 14.3 Å². The Balaban J connectivity index is 1.75. The van der Waals surface area contributed by atoms with Crippen molar-refractivity contribution in [2.24, 2.45) is 5.92 Å². The molecule has 0 radical (unpaired) electrons. The van der Waals surface area contributed by atoms with E-state index in [9.17, 15) is 9.59 Å². The Kier molecular flexibility index (Phi) is 6.63. The zero-order chi connectivity index (χ0) is 19.2. The Hall–Kier alpha value is -2.18. The fraction of sp³-hybridized carbons (Fsp3) is 0.429. The topological polar surface area (TPSA) is 58.6 Å². The first-order valence-corrected chi connectivity index (χ1v) is 10.1. The smallest absolute Gasteiger partial charge is 0.263 e. The van der Waals surface area contributed by atoms with Gasteiger partial charge in [0, 0.05) is 39.3 Å². The molecular weight excluding hydrogens is 360 g/mol. The molecule has 5 nitrogen and oxygen atoms in total. The van der Waals surface area contributed by atoms with Crippen LogP contribution in [0.1, 0.15) is 33.1 Å². The molecule has 0 aliphatic carbocycles. The number of methoxy groups -OCH3 is 1. The lowest BCUT2D eigenvalue weighted by Gasteiger charge is -2.18. The van der Waals surface area contributed by atoms with E-state index in [2.05, 4.69) is 29.6 Å². The predicted octanol–water partition coefficient (Wildman–Crippen LogP) is 3.07. The number of rotatable bonds is 7. The summed E-state index contributed by atoms with van der Waals surface area (Å²) in [5, 5.41) is 4.91. The third kappa shape index (κ3) is 4.76. The number of hydrogen-bond donors (Lipinski definition) is 1. The Bertz CT molecular complexity index is 758. The summed E-state index contributed by atoms with van der Waals surface area (Å²) >= 11 is 1.44. The van der Waals surface area contributed by atoms with Gasteiger partial charge in [-0.1, -0.05) is 35.9 Å². The van der Waals surface area contributed by atoms with Crippen molar-refractivity contribution in [2.75, 3.05) is 33.4 Å². The lowest BCUT2D eigenvalue weighted by atomic mass is 9.88. The molecule has 1 N–H and O–H groups in total. The number of thiophene rings is 1. The van der Waals surface area contributed by atoms with E-state index in [1.807, 2.05) is 29.3 Å². The Morgan fingerprint density at radius 2 is 2.00 bits per heavy atom. The normalized spacial score (nSPS) is 19.3. The summed E-state index contributed by atoms with van der Waals surface area (Å²) in [5.41, 5.74) is 2.29. The molecule has 6 heteroatoms. The Morgan fingerprint density at radius 1 is 1.22 bits per heavy atom. The van der Waals surface area contributed by atoms with Gasteiger partial charge in [-0.15, -0.1) is 11.3 Å². The molecule has 0 saturated carbocycles. The fourth-order valence-corrected chi connectivity index (χ4v) is 4.19. The van der Waals surface area contributed by atoms with Crippen LogP contribution in [0.4, 0.5) is 0 Å². The lowest BCUT2D eigenvalue weighted by Crippen LogP contribution is -2.36. The number of nitrogens with one attached hydrogen (secondary N) is 1. The van der Waals surface area contributed by atoms with Gasteiger partial charge in [0.1, 0.15) is 0 Å². The van der Waals surface area contributed by atoms with Crippen LogP contribution in [0.15, 0.2) is 41.8 Å². The molecule has 2 heterocycles. The van der Waals surface area contributed by atoms with Gasteiger partial charge in [0.2, 0.25) is 5.91 Å². The molecular formula is C21H26N2O3S. The highest BCUT2D eigenvalue weighted by Crippen LogP contribution is 2.34. The van der Waals surface area contributed by atoms with Crippen molar-refractivity contribution in [1.82, 2.24) is 10.2 Å². The summed E-state index contributed by atoms with van der Waals surface area (Å²) < 4.78 is 5.04. The summed E-state index contributed by atoms with van der Waals surface area (Å²) in [6.07, 6.45) is 0.780. The number of amides is 2. The average Bonchev–Trinajstić information content (AvgIpc) is 3.35. The molecule has 2 amide bonds. The van der Waals surface area contributed by atoms with Crippen molar-refractivity contribution in [1.29, 1.82) is 0 Å². The van der Waals surface area contributed by atoms with Crippen LogP contribution >= 0.6 is 11.3 Å². The summed E-state index contributed by atoms with van der Waals surface area (Å²) in [6.45, 7) is 4.27. The first kappa shape index (κ1) is 19.6. The van der Waals surface area contributed by atoms with Crippen LogP contribution in [0.25, 0.3) is 0 Å². The van der Waals surface area contributed by atoms with E-state index >= 15 is 0 Å². The minimum absolute atomic E-state index is 0.0109. The molecule has 1 aromatic carbocycles. The van der Waals surface area contributed by atoms with E-state index < -0.39 is 0 Å². The van der Waals surface area contributed by atoms with Gasteiger partial charge >= 0.3 is 0 Å². The van der Waals surface area contributed by atoms with Crippen molar-refractivity contribution in [3.8, 4) is 0 Å². The molecule has 0 spiro atoms. The van der Waals surface area contributed by atoms with E-state index in [-0.39, 0.29) is 23.7 Å². The maximum Gasteiger partial charge on any atom is 0.263 e. The maximum absolute atomic E-state index is 12.8. The number of carbonyl (C=O) groups is 2. The SMILES string of the molecule is COCCCNC(=O)[C@@H]1CN(C(=O)c2cccs2)C[C@@H]1c1ccc(C)cc1. The number of benzene rings is 1. The zero-order valence-electron chi connectivity index (χ0n) is 15.8. The number of hydrogen-bond acceptors (Lipinski definition) is 4. The second-order valence-corrected chi connectivity index (χ2v) is 7.90. The van der Waals surface area contributed by atoms with E-state index in [1.54, 1.807) is 7.11 Å².